The predicted octanol–water partition coefficient (Wildman–Crippen LogP) is 2.70. The molecule has 0 aliphatic heterocycles. The van der Waals surface area contributed by atoms with Gasteiger partial charge in [0.15, 0.2) is 0 Å². The second-order valence-corrected chi connectivity index (χ2v) is 3.81. The van der Waals surface area contributed by atoms with E-state index in [1.165, 1.54) is 0 Å². The Hall–Kier alpha value is -1.53. The van der Waals surface area contributed by atoms with Crippen LogP contribution in [0.25, 0.3) is 0 Å². The summed E-state index contributed by atoms with van der Waals surface area (Å²) in [6.45, 7) is 7.39. The van der Waals surface area contributed by atoms with Crippen molar-refractivity contribution in [3.05, 3.63) is 29.3 Å². The zero-order valence-electron chi connectivity index (χ0n) is 10.1. The molecular weight excluding hydrogens is 200 g/mol. The van der Waals surface area contributed by atoms with Gasteiger partial charge in [-0.25, -0.2) is 0 Å². The highest BCUT2D eigenvalue weighted by atomic mass is 16.5. The number of nitrogens with one attached hydrogen (secondary N) is 1. The maximum Gasteiger partial charge on any atom is 0.101 e. The van der Waals surface area contributed by atoms with E-state index < -0.39 is 0 Å². The van der Waals surface area contributed by atoms with E-state index in [1.54, 1.807) is 0 Å². The van der Waals surface area contributed by atoms with Gasteiger partial charge in [0, 0.05) is 13.2 Å². The van der Waals surface area contributed by atoms with Gasteiger partial charge < -0.3 is 10.1 Å². The molecule has 1 aromatic carbocycles. The number of hydrogen-bond acceptors (Lipinski definition) is 3. The zero-order chi connectivity index (χ0) is 12.0. The zero-order valence-corrected chi connectivity index (χ0v) is 10.1. The Morgan fingerprint density at radius 2 is 2.25 bits per heavy atom. The highest BCUT2D eigenvalue weighted by Gasteiger charge is 2.04. The molecule has 0 aliphatic rings. The molecule has 0 spiro atoms. The first-order valence-electron chi connectivity index (χ1n) is 5.53. The fraction of sp³-hybridized carbons (Fsp3) is 0.462. The molecule has 3 heteroatoms. The third-order valence-electron chi connectivity index (χ3n) is 2.33. The normalized spacial score (nSPS) is 11.9. The van der Waals surface area contributed by atoms with Crippen LogP contribution in [-0.4, -0.2) is 19.3 Å². The second kappa shape index (κ2) is 6.14. The van der Waals surface area contributed by atoms with E-state index in [-0.39, 0.29) is 6.10 Å². The number of benzene rings is 1. The van der Waals surface area contributed by atoms with Gasteiger partial charge in [-0.05, 0) is 38.5 Å². The molecule has 0 aliphatic carbocycles. The summed E-state index contributed by atoms with van der Waals surface area (Å²) < 4.78 is 5.42. The second-order valence-electron chi connectivity index (χ2n) is 3.81. The van der Waals surface area contributed by atoms with Gasteiger partial charge in [-0.2, -0.15) is 5.26 Å². The summed E-state index contributed by atoms with van der Waals surface area (Å²) in [6, 6.07) is 8.00. The Morgan fingerprint density at radius 1 is 1.50 bits per heavy atom. The van der Waals surface area contributed by atoms with Crippen LogP contribution < -0.4 is 5.32 Å². The SMILES string of the molecule is CCOC(C)CNc1ccc(C)cc1C#N. The third-order valence-corrected chi connectivity index (χ3v) is 2.33. The highest BCUT2D eigenvalue weighted by Crippen LogP contribution is 2.16. The summed E-state index contributed by atoms with van der Waals surface area (Å²) in [5, 5.41) is 12.2. The fourth-order valence-electron chi connectivity index (χ4n) is 1.50. The molecular formula is C13H18N2O. The van der Waals surface area contributed by atoms with Gasteiger partial charge in [0.25, 0.3) is 0 Å². The summed E-state index contributed by atoms with van der Waals surface area (Å²) in [4.78, 5) is 0. The molecule has 86 valence electrons. The van der Waals surface area contributed by atoms with Crippen LogP contribution in [-0.2, 0) is 4.74 Å². The van der Waals surface area contributed by atoms with E-state index in [4.69, 9.17) is 10.00 Å². The van der Waals surface area contributed by atoms with Crippen molar-refractivity contribution in [3.63, 3.8) is 0 Å². The number of rotatable bonds is 5. The van der Waals surface area contributed by atoms with Gasteiger partial charge in [-0.1, -0.05) is 6.07 Å². The van der Waals surface area contributed by atoms with E-state index in [0.717, 1.165) is 11.3 Å². The van der Waals surface area contributed by atoms with E-state index in [0.29, 0.717) is 18.7 Å². The van der Waals surface area contributed by atoms with E-state index in [2.05, 4.69) is 11.4 Å². The Balaban J connectivity index is 2.64. The van der Waals surface area contributed by atoms with Gasteiger partial charge in [0.2, 0.25) is 0 Å². The summed E-state index contributed by atoms with van der Waals surface area (Å²) in [5.74, 6) is 0. The lowest BCUT2D eigenvalue weighted by Gasteiger charge is -2.14. The van der Waals surface area contributed by atoms with Crippen LogP contribution in [0.2, 0.25) is 0 Å². The summed E-state index contributed by atoms with van der Waals surface area (Å²) in [5.41, 5.74) is 2.66. The Morgan fingerprint density at radius 3 is 2.88 bits per heavy atom. The minimum Gasteiger partial charge on any atom is -0.381 e. The number of aryl methyl sites for hydroxylation is 1. The molecule has 1 unspecified atom stereocenters. The lowest BCUT2D eigenvalue weighted by molar-refractivity contribution is 0.0855. The van der Waals surface area contributed by atoms with Crippen molar-refractivity contribution in [3.8, 4) is 6.07 Å². The summed E-state index contributed by atoms with van der Waals surface area (Å²) >= 11 is 0. The smallest absolute Gasteiger partial charge is 0.101 e. The Bertz CT molecular complexity index is 382. The van der Waals surface area contributed by atoms with Crippen molar-refractivity contribution in [2.75, 3.05) is 18.5 Å². The molecule has 0 heterocycles. The number of ether oxygens (including phenoxy) is 1. The molecule has 1 atom stereocenters. The van der Waals surface area contributed by atoms with Crippen LogP contribution in [0.3, 0.4) is 0 Å². The molecule has 0 radical (unpaired) electrons. The lowest BCUT2D eigenvalue weighted by atomic mass is 10.1. The van der Waals surface area contributed by atoms with Crippen molar-refractivity contribution < 1.29 is 4.74 Å². The highest BCUT2D eigenvalue weighted by molar-refractivity contribution is 5.58. The topological polar surface area (TPSA) is 45.0 Å². The molecule has 0 saturated heterocycles. The van der Waals surface area contributed by atoms with E-state index in [1.807, 2.05) is 39.0 Å². The monoisotopic (exact) mass is 218 g/mol. The molecule has 0 aromatic heterocycles. The van der Waals surface area contributed by atoms with Crippen molar-refractivity contribution in [2.24, 2.45) is 0 Å². The van der Waals surface area contributed by atoms with Crippen LogP contribution in [0.5, 0.6) is 0 Å². The van der Waals surface area contributed by atoms with Crippen LogP contribution in [0.1, 0.15) is 25.0 Å². The Labute approximate surface area is 97.0 Å². The number of hydrogen-bond donors (Lipinski definition) is 1. The van der Waals surface area contributed by atoms with Crippen molar-refractivity contribution in [1.82, 2.24) is 0 Å². The summed E-state index contributed by atoms with van der Waals surface area (Å²) in [7, 11) is 0. The fourth-order valence-corrected chi connectivity index (χ4v) is 1.50. The molecule has 3 nitrogen and oxygen atoms in total. The average molecular weight is 218 g/mol. The van der Waals surface area contributed by atoms with Gasteiger partial charge >= 0.3 is 0 Å². The molecule has 0 fully saturated rings. The van der Waals surface area contributed by atoms with E-state index in [9.17, 15) is 0 Å². The van der Waals surface area contributed by atoms with Crippen LogP contribution in [0, 0.1) is 18.3 Å². The minimum absolute atomic E-state index is 0.151. The quantitative estimate of drug-likeness (QED) is 0.826. The van der Waals surface area contributed by atoms with Crippen LogP contribution in [0.4, 0.5) is 5.69 Å². The van der Waals surface area contributed by atoms with Crippen LogP contribution in [0.15, 0.2) is 18.2 Å². The van der Waals surface area contributed by atoms with Crippen molar-refractivity contribution in [1.29, 1.82) is 5.26 Å². The molecule has 1 N–H and O–H groups in total. The number of anilines is 1. The van der Waals surface area contributed by atoms with Crippen molar-refractivity contribution in [2.45, 2.75) is 26.9 Å². The minimum atomic E-state index is 0.151. The predicted molar refractivity (Wildman–Crippen MR) is 65.5 cm³/mol. The lowest BCUT2D eigenvalue weighted by Crippen LogP contribution is -2.20. The molecule has 0 bridgehead atoms. The Kier molecular flexibility index (Phi) is 4.81. The average Bonchev–Trinajstić information content (AvgIpc) is 2.27. The molecule has 1 rings (SSSR count). The van der Waals surface area contributed by atoms with E-state index >= 15 is 0 Å². The number of nitrogens with zero attached hydrogens (tertiary/aromatic N) is 1. The van der Waals surface area contributed by atoms with Gasteiger partial charge in [0.05, 0.1) is 17.4 Å². The molecule has 0 amide bonds. The van der Waals surface area contributed by atoms with Crippen molar-refractivity contribution >= 4 is 5.69 Å². The number of nitriles is 1. The first kappa shape index (κ1) is 12.5. The molecule has 16 heavy (non-hydrogen) atoms. The first-order chi connectivity index (χ1) is 7.67. The molecule has 0 saturated carbocycles. The first-order valence-corrected chi connectivity index (χ1v) is 5.53. The third kappa shape index (κ3) is 3.56. The van der Waals surface area contributed by atoms with Gasteiger partial charge in [-0.3, -0.25) is 0 Å². The standard InChI is InChI=1S/C13H18N2O/c1-4-16-11(3)9-15-13-6-5-10(2)7-12(13)8-14/h5-7,11,15H,4,9H2,1-3H3. The summed E-state index contributed by atoms with van der Waals surface area (Å²) in [6.07, 6.45) is 0.151. The maximum atomic E-state index is 8.99. The largest absolute Gasteiger partial charge is 0.381 e. The van der Waals surface area contributed by atoms with Gasteiger partial charge in [-0.15, -0.1) is 0 Å². The maximum absolute atomic E-state index is 8.99. The van der Waals surface area contributed by atoms with Crippen LogP contribution >= 0.6 is 0 Å². The van der Waals surface area contributed by atoms with Gasteiger partial charge in [0.1, 0.15) is 6.07 Å². The molecule has 1 aromatic rings.